The third-order valence-electron chi connectivity index (χ3n) is 5.19. The predicted octanol–water partition coefficient (Wildman–Crippen LogP) is 5.35. The predicted molar refractivity (Wildman–Crippen MR) is 117 cm³/mol. The molecule has 0 unspecified atom stereocenters. The number of carbonyl (C=O) groups excluding carboxylic acids is 2. The van der Waals surface area contributed by atoms with Crippen LogP contribution in [-0.4, -0.2) is 29.8 Å². The molecule has 28 heavy (non-hydrogen) atoms. The highest BCUT2D eigenvalue weighted by molar-refractivity contribution is 9.10. The van der Waals surface area contributed by atoms with Crippen molar-refractivity contribution < 1.29 is 9.59 Å². The van der Waals surface area contributed by atoms with Gasteiger partial charge < -0.3 is 10.2 Å². The van der Waals surface area contributed by atoms with E-state index in [-0.39, 0.29) is 11.8 Å². The molecule has 4 nitrogen and oxygen atoms in total. The molecule has 1 N–H and O–H groups in total. The summed E-state index contributed by atoms with van der Waals surface area (Å²) < 4.78 is 1.08. The van der Waals surface area contributed by atoms with E-state index in [1.165, 1.54) is 5.56 Å². The molecule has 0 aliphatic carbocycles. The second-order valence-corrected chi connectivity index (χ2v) is 8.29. The lowest BCUT2D eigenvalue weighted by atomic mass is 10.1. The molecule has 3 rings (SSSR count). The average molecular weight is 443 g/mol. The number of nitrogens with one attached hydrogen (secondary N) is 1. The molecule has 0 radical (unpaired) electrons. The summed E-state index contributed by atoms with van der Waals surface area (Å²) in [6, 6.07) is 13.9. The maximum absolute atomic E-state index is 12.8. The highest BCUT2D eigenvalue weighted by atomic mass is 79.9. The topological polar surface area (TPSA) is 49.4 Å². The highest BCUT2D eigenvalue weighted by Gasteiger charge is 2.23. The van der Waals surface area contributed by atoms with Crippen molar-refractivity contribution in [1.29, 1.82) is 0 Å². The van der Waals surface area contributed by atoms with Gasteiger partial charge in [-0.2, -0.15) is 0 Å². The third kappa shape index (κ3) is 5.44. The Morgan fingerprint density at radius 3 is 2.46 bits per heavy atom. The van der Waals surface area contributed by atoms with E-state index >= 15 is 0 Å². The summed E-state index contributed by atoms with van der Waals surface area (Å²) >= 11 is 3.44. The molecule has 1 aliphatic rings. The van der Waals surface area contributed by atoms with Crippen LogP contribution in [0.3, 0.4) is 0 Å². The van der Waals surface area contributed by atoms with Crippen LogP contribution in [0.5, 0.6) is 0 Å². The third-order valence-corrected chi connectivity index (χ3v) is 5.72. The number of hydrogen-bond acceptors (Lipinski definition) is 2. The minimum Gasteiger partial charge on any atom is -0.339 e. The maximum atomic E-state index is 12.8. The number of hydrogen-bond donors (Lipinski definition) is 1. The van der Waals surface area contributed by atoms with E-state index in [0.29, 0.717) is 17.7 Å². The van der Waals surface area contributed by atoms with Crippen LogP contribution in [0.1, 0.15) is 53.6 Å². The van der Waals surface area contributed by atoms with Crippen molar-refractivity contribution >= 4 is 33.4 Å². The first-order valence-corrected chi connectivity index (χ1v) is 10.8. The lowest BCUT2D eigenvalue weighted by Crippen LogP contribution is -2.29. The summed E-state index contributed by atoms with van der Waals surface area (Å²) in [4.78, 5) is 27.2. The molecule has 1 saturated heterocycles. The van der Waals surface area contributed by atoms with Crippen molar-refractivity contribution in [2.24, 2.45) is 0 Å². The summed E-state index contributed by atoms with van der Waals surface area (Å²) in [5.41, 5.74) is 3.47. The van der Waals surface area contributed by atoms with Gasteiger partial charge in [-0.3, -0.25) is 9.59 Å². The fourth-order valence-corrected chi connectivity index (χ4v) is 3.83. The Balaban J connectivity index is 1.54. The van der Waals surface area contributed by atoms with Gasteiger partial charge in [-0.25, -0.2) is 0 Å². The molecule has 5 heteroatoms. The minimum absolute atomic E-state index is 0.0201. The van der Waals surface area contributed by atoms with Crippen LogP contribution >= 0.6 is 15.9 Å². The van der Waals surface area contributed by atoms with E-state index in [9.17, 15) is 9.59 Å². The molecule has 0 bridgehead atoms. The lowest BCUT2D eigenvalue weighted by Gasteiger charge is -2.19. The van der Waals surface area contributed by atoms with Crippen molar-refractivity contribution in [1.82, 2.24) is 4.90 Å². The van der Waals surface area contributed by atoms with Gasteiger partial charge in [0.25, 0.3) is 5.91 Å². The molecule has 0 aromatic heterocycles. The highest BCUT2D eigenvalue weighted by Crippen LogP contribution is 2.24. The van der Waals surface area contributed by atoms with Gasteiger partial charge in [0.05, 0.1) is 11.3 Å². The second kappa shape index (κ2) is 9.87. The van der Waals surface area contributed by atoms with Crippen LogP contribution in [0, 0.1) is 6.92 Å². The summed E-state index contributed by atoms with van der Waals surface area (Å²) in [5, 5.41) is 3.00. The number of carbonyl (C=O) groups is 2. The minimum atomic E-state index is -0.0272. The molecule has 2 amide bonds. The number of unbranched alkanes of at least 4 members (excludes halogenated alkanes) is 1. The lowest BCUT2D eigenvalue weighted by molar-refractivity contribution is -0.116. The number of halogens is 1. The van der Waals surface area contributed by atoms with Crippen molar-refractivity contribution in [3.05, 3.63) is 63.6 Å². The van der Waals surface area contributed by atoms with E-state index in [1.54, 1.807) is 0 Å². The molecule has 0 spiro atoms. The van der Waals surface area contributed by atoms with E-state index in [4.69, 9.17) is 0 Å². The van der Waals surface area contributed by atoms with Gasteiger partial charge in [0.15, 0.2) is 0 Å². The van der Waals surface area contributed by atoms with Crippen LogP contribution in [0.2, 0.25) is 0 Å². The monoisotopic (exact) mass is 442 g/mol. The molecule has 148 valence electrons. The Kier molecular flexibility index (Phi) is 7.26. The van der Waals surface area contributed by atoms with Gasteiger partial charge in [0.2, 0.25) is 5.91 Å². The average Bonchev–Trinajstić information content (AvgIpc) is 3.22. The molecule has 1 aliphatic heterocycles. The number of benzene rings is 2. The molecular formula is C23H27BrN2O2. The fourth-order valence-electron chi connectivity index (χ4n) is 3.57. The molecule has 2 aromatic rings. The van der Waals surface area contributed by atoms with Gasteiger partial charge >= 0.3 is 0 Å². The Labute approximate surface area is 175 Å². The number of nitrogens with zero attached hydrogens (tertiary/aromatic N) is 1. The Morgan fingerprint density at radius 1 is 1.04 bits per heavy atom. The summed E-state index contributed by atoms with van der Waals surface area (Å²) in [6.07, 6.45) is 5.31. The number of amides is 2. The SMILES string of the molecule is Cc1cccc(C(=O)N2CCCC2)c1NC(=O)CCCCc1ccc(Br)cc1. The number of para-hydroxylation sites is 1. The van der Waals surface area contributed by atoms with E-state index in [0.717, 1.165) is 55.2 Å². The molecular weight excluding hydrogens is 416 g/mol. The van der Waals surface area contributed by atoms with Gasteiger partial charge in [-0.05, 0) is 68.4 Å². The first-order chi connectivity index (χ1) is 13.5. The van der Waals surface area contributed by atoms with Gasteiger partial charge in [-0.1, -0.05) is 40.2 Å². The van der Waals surface area contributed by atoms with Crippen molar-refractivity contribution in [3.63, 3.8) is 0 Å². The van der Waals surface area contributed by atoms with Crippen LogP contribution in [0.25, 0.3) is 0 Å². The number of anilines is 1. The molecule has 0 atom stereocenters. The smallest absolute Gasteiger partial charge is 0.255 e. The first kappa shape index (κ1) is 20.6. The van der Waals surface area contributed by atoms with Crippen molar-refractivity contribution in [2.75, 3.05) is 18.4 Å². The Bertz CT molecular complexity index is 827. The van der Waals surface area contributed by atoms with Crippen LogP contribution in [0.15, 0.2) is 46.9 Å². The summed E-state index contributed by atoms with van der Waals surface area (Å²) in [7, 11) is 0. The van der Waals surface area contributed by atoms with Crippen LogP contribution in [-0.2, 0) is 11.2 Å². The molecule has 2 aromatic carbocycles. The van der Waals surface area contributed by atoms with E-state index in [2.05, 4.69) is 33.4 Å². The summed E-state index contributed by atoms with van der Waals surface area (Å²) in [6.45, 7) is 3.54. The zero-order valence-electron chi connectivity index (χ0n) is 16.3. The molecule has 0 saturated carbocycles. The maximum Gasteiger partial charge on any atom is 0.255 e. The molecule has 1 fully saturated rings. The van der Waals surface area contributed by atoms with E-state index < -0.39 is 0 Å². The van der Waals surface area contributed by atoms with Crippen LogP contribution in [0.4, 0.5) is 5.69 Å². The Hall–Kier alpha value is -2.14. The zero-order valence-corrected chi connectivity index (χ0v) is 17.9. The van der Waals surface area contributed by atoms with Crippen molar-refractivity contribution in [2.45, 2.75) is 45.4 Å². The van der Waals surface area contributed by atoms with Gasteiger partial charge in [-0.15, -0.1) is 0 Å². The number of rotatable bonds is 7. The normalized spacial score (nSPS) is 13.6. The second-order valence-electron chi connectivity index (χ2n) is 7.38. The van der Waals surface area contributed by atoms with Crippen molar-refractivity contribution in [3.8, 4) is 0 Å². The van der Waals surface area contributed by atoms with Gasteiger partial charge in [0.1, 0.15) is 0 Å². The zero-order chi connectivity index (χ0) is 19.9. The van der Waals surface area contributed by atoms with E-state index in [1.807, 2.05) is 42.2 Å². The first-order valence-electron chi connectivity index (χ1n) is 9.98. The number of aryl methyl sites for hydroxylation is 2. The number of likely N-dealkylation sites (tertiary alicyclic amines) is 1. The molecule has 1 heterocycles. The standard InChI is InChI=1S/C23H27BrN2O2/c1-17-7-6-9-20(23(28)26-15-4-5-16-26)22(17)25-21(27)10-3-2-8-18-11-13-19(24)14-12-18/h6-7,9,11-14H,2-5,8,10,15-16H2,1H3,(H,25,27). The Morgan fingerprint density at radius 2 is 1.75 bits per heavy atom. The quantitative estimate of drug-likeness (QED) is 0.587. The largest absolute Gasteiger partial charge is 0.339 e. The summed E-state index contributed by atoms with van der Waals surface area (Å²) in [5.74, 6) is -0.00711. The van der Waals surface area contributed by atoms with Crippen LogP contribution < -0.4 is 5.32 Å². The van der Waals surface area contributed by atoms with Gasteiger partial charge in [0, 0.05) is 24.0 Å². The fraction of sp³-hybridized carbons (Fsp3) is 0.391.